The maximum Gasteiger partial charge on any atom is 0.167 e. The summed E-state index contributed by atoms with van der Waals surface area (Å²) in [5.41, 5.74) is 1.93. The summed E-state index contributed by atoms with van der Waals surface area (Å²) in [7, 11) is 0. The van der Waals surface area contributed by atoms with Gasteiger partial charge < -0.3 is 15.0 Å². The minimum Gasteiger partial charge on any atom is -0.486 e. The molecular formula is C18H19F2N3O. The van der Waals surface area contributed by atoms with Crippen LogP contribution in [-0.4, -0.2) is 30.7 Å². The molecule has 3 heterocycles. The molecule has 2 aromatic rings. The first-order valence-electron chi connectivity index (χ1n) is 8.17. The van der Waals surface area contributed by atoms with Gasteiger partial charge in [0, 0.05) is 43.5 Å². The van der Waals surface area contributed by atoms with Gasteiger partial charge in [-0.25, -0.2) is 8.78 Å². The summed E-state index contributed by atoms with van der Waals surface area (Å²) in [4.78, 5) is 6.62. The Morgan fingerprint density at radius 1 is 1.21 bits per heavy atom. The molecule has 0 aliphatic carbocycles. The molecule has 2 fully saturated rings. The minimum atomic E-state index is -0.696. The third-order valence-electron chi connectivity index (χ3n) is 4.67. The number of halogens is 2. The number of ether oxygens (including phenoxy) is 1. The molecular weight excluding hydrogens is 312 g/mol. The van der Waals surface area contributed by atoms with Gasteiger partial charge in [-0.3, -0.25) is 4.98 Å². The maximum absolute atomic E-state index is 13.6. The third-order valence-corrected chi connectivity index (χ3v) is 4.67. The molecule has 126 valence electrons. The summed E-state index contributed by atoms with van der Waals surface area (Å²) in [5.74, 6) is -0.575. The van der Waals surface area contributed by atoms with Gasteiger partial charge in [-0.1, -0.05) is 0 Å². The number of pyridine rings is 1. The SMILES string of the molecule is Fc1ccc(OCc2cncc(N3CC4CNC(C4)C3)c2)c(F)c1. The van der Waals surface area contributed by atoms with E-state index in [1.165, 1.54) is 18.6 Å². The summed E-state index contributed by atoms with van der Waals surface area (Å²) >= 11 is 0. The lowest BCUT2D eigenvalue weighted by atomic mass is 9.99. The number of fused-ring (bicyclic) bond motifs is 2. The number of benzene rings is 1. The molecule has 4 rings (SSSR count). The molecule has 2 atom stereocenters. The quantitative estimate of drug-likeness (QED) is 0.935. The van der Waals surface area contributed by atoms with E-state index in [0.29, 0.717) is 12.0 Å². The summed E-state index contributed by atoms with van der Waals surface area (Å²) in [5, 5.41) is 3.53. The fourth-order valence-electron chi connectivity index (χ4n) is 3.52. The van der Waals surface area contributed by atoms with Crippen LogP contribution in [0.2, 0.25) is 0 Å². The number of piperidine rings is 1. The van der Waals surface area contributed by atoms with Gasteiger partial charge in [0.05, 0.1) is 11.9 Å². The van der Waals surface area contributed by atoms with Crippen molar-refractivity contribution in [1.82, 2.24) is 10.3 Å². The van der Waals surface area contributed by atoms with E-state index in [0.717, 1.165) is 37.0 Å². The predicted octanol–water partition coefficient (Wildman–Crippen LogP) is 2.74. The molecule has 2 saturated heterocycles. The number of anilines is 1. The van der Waals surface area contributed by atoms with Crippen LogP contribution in [0.1, 0.15) is 12.0 Å². The number of nitrogens with zero attached hydrogens (tertiary/aromatic N) is 2. The monoisotopic (exact) mass is 331 g/mol. The van der Waals surface area contributed by atoms with Crippen LogP contribution in [0.3, 0.4) is 0 Å². The Labute approximate surface area is 139 Å². The highest BCUT2D eigenvalue weighted by Crippen LogP contribution is 2.27. The number of hydrogen-bond acceptors (Lipinski definition) is 4. The van der Waals surface area contributed by atoms with E-state index in [2.05, 4.69) is 15.2 Å². The molecule has 6 heteroatoms. The zero-order valence-corrected chi connectivity index (χ0v) is 13.2. The van der Waals surface area contributed by atoms with Gasteiger partial charge in [0.2, 0.25) is 0 Å². The van der Waals surface area contributed by atoms with E-state index >= 15 is 0 Å². The first kappa shape index (κ1) is 15.3. The second kappa shape index (κ2) is 6.36. The van der Waals surface area contributed by atoms with Crippen molar-refractivity contribution in [3.63, 3.8) is 0 Å². The Morgan fingerprint density at radius 2 is 2.12 bits per heavy atom. The normalized spacial score (nSPS) is 22.7. The largest absolute Gasteiger partial charge is 0.486 e. The zero-order chi connectivity index (χ0) is 16.5. The van der Waals surface area contributed by atoms with Crippen molar-refractivity contribution in [2.24, 2.45) is 5.92 Å². The lowest BCUT2D eigenvalue weighted by molar-refractivity contribution is 0.289. The fraction of sp³-hybridized carbons (Fsp3) is 0.389. The van der Waals surface area contributed by atoms with Gasteiger partial charge in [-0.05, 0) is 30.5 Å². The van der Waals surface area contributed by atoms with Crippen LogP contribution in [0.15, 0.2) is 36.7 Å². The molecule has 1 aromatic carbocycles. The molecule has 0 amide bonds. The van der Waals surface area contributed by atoms with Crippen molar-refractivity contribution in [2.45, 2.75) is 19.1 Å². The standard InChI is InChI=1S/C18H19F2N3O/c19-14-1-2-18(17(20)5-14)24-11-13-4-16(8-21-6-13)23-9-12-3-15(10-23)22-7-12/h1-2,4-6,8,12,15,22H,3,7,9-11H2. The number of rotatable bonds is 4. The number of aromatic nitrogens is 1. The van der Waals surface area contributed by atoms with Gasteiger partial charge >= 0.3 is 0 Å². The molecule has 0 saturated carbocycles. The lowest BCUT2D eigenvalue weighted by Gasteiger charge is -2.32. The van der Waals surface area contributed by atoms with Crippen LogP contribution in [0.25, 0.3) is 0 Å². The molecule has 2 aliphatic rings. The topological polar surface area (TPSA) is 37.4 Å². The Hall–Kier alpha value is -2.21. The van der Waals surface area contributed by atoms with Gasteiger partial charge in [-0.15, -0.1) is 0 Å². The smallest absolute Gasteiger partial charge is 0.167 e. The summed E-state index contributed by atoms with van der Waals surface area (Å²) in [6.45, 7) is 3.29. The Balaban J connectivity index is 1.45. The van der Waals surface area contributed by atoms with Crippen molar-refractivity contribution >= 4 is 5.69 Å². The van der Waals surface area contributed by atoms with Crippen molar-refractivity contribution in [3.8, 4) is 5.75 Å². The van der Waals surface area contributed by atoms with Crippen molar-refractivity contribution < 1.29 is 13.5 Å². The van der Waals surface area contributed by atoms with E-state index in [4.69, 9.17) is 4.74 Å². The fourth-order valence-corrected chi connectivity index (χ4v) is 3.52. The van der Waals surface area contributed by atoms with E-state index in [1.54, 1.807) is 6.20 Å². The van der Waals surface area contributed by atoms with Gasteiger partial charge in [0.25, 0.3) is 0 Å². The van der Waals surface area contributed by atoms with Crippen LogP contribution in [0.5, 0.6) is 5.75 Å². The zero-order valence-electron chi connectivity index (χ0n) is 13.2. The van der Waals surface area contributed by atoms with Crippen molar-refractivity contribution in [2.75, 3.05) is 24.5 Å². The molecule has 2 aliphatic heterocycles. The second-order valence-corrected chi connectivity index (χ2v) is 6.53. The van der Waals surface area contributed by atoms with Gasteiger partial charge in [-0.2, -0.15) is 0 Å². The number of nitrogens with one attached hydrogen (secondary N) is 1. The Kier molecular flexibility index (Phi) is 4.06. The van der Waals surface area contributed by atoms with Crippen LogP contribution in [0.4, 0.5) is 14.5 Å². The molecule has 2 bridgehead atoms. The van der Waals surface area contributed by atoms with E-state index < -0.39 is 11.6 Å². The Morgan fingerprint density at radius 3 is 2.96 bits per heavy atom. The first-order valence-corrected chi connectivity index (χ1v) is 8.17. The highest BCUT2D eigenvalue weighted by Gasteiger charge is 2.32. The van der Waals surface area contributed by atoms with E-state index in [1.807, 2.05) is 12.3 Å². The second-order valence-electron chi connectivity index (χ2n) is 6.53. The van der Waals surface area contributed by atoms with E-state index in [9.17, 15) is 8.78 Å². The molecule has 2 unspecified atom stereocenters. The summed E-state index contributed by atoms with van der Waals surface area (Å²) in [6, 6.07) is 5.89. The highest BCUT2D eigenvalue weighted by molar-refractivity contribution is 5.47. The van der Waals surface area contributed by atoms with Crippen molar-refractivity contribution in [1.29, 1.82) is 0 Å². The van der Waals surface area contributed by atoms with Gasteiger partial charge in [0.1, 0.15) is 12.4 Å². The molecule has 0 radical (unpaired) electrons. The minimum absolute atomic E-state index is 0.0435. The average molecular weight is 331 g/mol. The van der Waals surface area contributed by atoms with Crippen LogP contribution < -0.4 is 15.0 Å². The molecule has 1 aromatic heterocycles. The third kappa shape index (κ3) is 3.19. The maximum atomic E-state index is 13.6. The summed E-state index contributed by atoms with van der Waals surface area (Å²) in [6.07, 6.45) is 4.81. The average Bonchev–Trinajstić information content (AvgIpc) is 2.92. The first-order chi connectivity index (χ1) is 11.7. The molecule has 1 N–H and O–H groups in total. The lowest BCUT2D eigenvalue weighted by Crippen LogP contribution is -2.41. The van der Waals surface area contributed by atoms with Crippen LogP contribution in [0, 0.1) is 17.6 Å². The predicted molar refractivity (Wildman–Crippen MR) is 87.0 cm³/mol. The van der Waals surface area contributed by atoms with E-state index in [-0.39, 0.29) is 12.4 Å². The number of hydrogen-bond donors (Lipinski definition) is 1. The van der Waals surface area contributed by atoms with Gasteiger partial charge in [0.15, 0.2) is 11.6 Å². The van der Waals surface area contributed by atoms with Crippen LogP contribution >= 0.6 is 0 Å². The Bertz CT molecular complexity index is 728. The molecule has 4 nitrogen and oxygen atoms in total. The highest BCUT2D eigenvalue weighted by atomic mass is 19.1. The summed E-state index contributed by atoms with van der Waals surface area (Å²) < 4.78 is 32.0. The molecule has 0 spiro atoms. The molecule has 24 heavy (non-hydrogen) atoms. The van der Waals surface area contributed by atoms with Crippen molar-refractivity contribution in [3.05, 3.63) is 53.9 Å². The van der Waals surface area contributed by atoms with Crippen LogP contribution in [-0.2, 0) is 6.61 Å².